The summed E-state index contributed by atoms with van der Waals surface area (Å²) >= 11 is 0. The van der Waals surface area contributed by atoms with Crippen LogP contribution in [-0.2, 0) is 16.1 Å². The van der Waals surface area contributed by atoms with Crippen molar-refractivity contribution in [2.75, 3.05) is 50.1 Å². The van der Waals surface area contributed by atoms with Crippen LogP contribution in [0.2, 0.25) is 0 Å². The normalized spacial score (nSPS) is 13.6. The van der Waals surface area contributed by atoms with E-state index in [1.165, 1.54) is 35.0 Å². The largest absolute Gasteiger partial charge is 0.378 e. The highest BCUT2D eigenvalue weighted by Gasteiger charge is 2.21. The minimum atomic E-state index is -0.583. The Hall–Kier alpha value is -5.20. The lowest BCUT2D eigenvalue weighted by atomic mass is 9.99. The summed E-state index contributed by atoms with van der Waals surface area (Å²) in [6.07, 6.45) is 1.49. The Morgan fingerprint density at radius 1 is 0.939 bits per heavy atom. The zero-order chi connectivity index (χ0) is 35.1. The van der Waals surface area contributed by atoms with Crippen LogP contribution in [0.4, 0.5) is 15.9 Å². The van der Waals surface area contributed by atoms with Gasteiger partial charge in [-0.25, -0.2) is 9.37 Å². The summed E-state index contributed by atoms with van der Waals surface area (Å²) in [4.78, 5) is 60.0. The first-order valence-electron chi connectivity index (χ1n) is 16.3. The molecule has 1 atom stereocenters. The second kappa shape index (κ2) is 15.8. The SMILES string of the molecule is CN[C@@H](C)C(=O)Nc1ncc(-c2cccc(C(=O)NCC(C)C)c2)n(Cc2cc(C(=O)c3ccc(F)cc3)cc(N3CCOCC3)c2)c1=O. The van der Waals surface area contributed by atoms with Gasteiger partial charge in [-0.3, -0.25) is 23.7 Å². The first kappa shape index (κ1) is 35.1. The molecule has 3 aromatic carbocycles. The number of rotatable bonds is 12. The monoisotopic (exact) mass is 668 g/mol. The molecule has 3 N–H and O–H groups in total. The Balaban J connectivity index is 1.61. The van der Waals surface area contributed by atoms with E-state index in [1.54, 1.807) is 50.4 Å². The molecule has 1 aliphatic rings. The van der Waals surface area contributed by atoms with Crippen LogP contribution < -0.4 is 26.4 Å². The van der Waals surface area contributed by atoms with Gasteiger partial charge in [0.05, 0.1) is 37.7 Å². The molecule has 0 spiro atoms. The molecule has 2 heterocycles. The summed E-state index contributed by atoms with van der Waals surface area (Å²) < 4.78 is 20.7. The van der Waals surface area contributed by atoms with Crippen molar-refractivity contribution in [1.82, 2.24) is 20.2 Å². The molecule has 1 fully saturated rings. The van der Waals surface area contributed by atoms with Gasteiger partial charge in [-0.2, -0.15) is 0 Å². The van der Waals surface area contributed by atoms with Crippen molar-refractivity contribution >= 4 is 29.1 Å². The van der Waals surface area contributed by atoms with Gasteiger partial charge < -0.3 is 25.6 Å². The van der Waals surface area contributed by atoms with Crippen molar-refractivity contribution in [2.45, 2.75) is 33.4 Å². The highest BCUT2D eigenvalue weighted by atomic mass is 19.1. The van der Waals surface area contributed by atoms with Crippen molar-refractivity contribution in [3.8, 4) is 11.3 Å². The summed E-state index contributed by atoms with van der Waals surface area (Å²) in [5.41, 5.74) is 2.93. The van der Waals surface area contributed by atoms with Gasteiger partial charge in [0.25, 0.3) is 11.5 Å². The van der Waals surface area contributed by atoms with Crippen molar-refractivity contribution in [3.05, 3.63) is 111 Å². The molecule has 256 valence electrons. The summed E-state index contributed by atoms with van der Waals surface area (Å²) in [5.74, 6) is -1.32. The molecule has 12 heteroatoms. The maximum absolute atomic E-state index is 14.1. The number of morpholine rings is 1. The Bertz CT molecular complexity index is 1890. The molecule has 49 heavy (non-hydrogen) atoms. The maximum atomic E-state index is 14.1. The molecule has 4 aromatic rings. The fourth-order valence-electron chi connectivity index (χ4n) is 5.39. The molecular weight excluding hydrogens is 627 g/mol. The van der Waals surface area contributed by atoms with Gasteiger partial charge >= 0.3 is 0 Å². The predicted octanol–water partition coefficient (Wildman–Crippen LogP) is 4.10. The van der Waals surface area contributed by atoms with Crippen molar-refractivity contribution in [2.24, 2.45) is 5.92 Å². The van der Waals surface area contributed by atoms with Gasteiger partial charge in [-0.1, -0.05) is 26.0 Å². The van der Waals surface area contributed by atoms with Crippen LogP contribution in [0.3, 0.4) is 0 Å². The molecule has 0 bridgehead atoms. The van der Waals surface area contributed by atoms with Gasteiger partial charge in [-0.15, -0.1) is 0 Å². The van der Waals surface area contributed by atoms with Gasteiger partial charge in [0.1, 0.15) is 5.82 Å². The van der Waals surface area contributed by atoms with E-state index in [-0.39, 0.29) is 30.0 Å². The van der Waals surface area contributed by atoms with E-state index < -0.39 is 23.3 Å². The van der Waals surface area contributed by atoms with E-state index in [0.29, 0.717) is 66.4 Å². The number of ether oxygens (including phenoxy) is 1. The molecule has 0 unspecified atom stereocenters. The second-order valence-corrected chi connectivity index (χ2v) is 12.4. The van der Waals surface area contributed by atoms with Crippen LogP contribution in [0, 0.1) is 11.7 Å². The van der Waals surface area contributed by atoms with Crippen molar-refractivity contribution in [1.29, 1.82) is 0 Å². The van der Waals surface area contributed by atoms with Crippen molar-refractivity contribution < 1.29 is 23.5 Å². The minimum absolute atomic E-state index is 0.00674. The molecule has 0 radical (unpaired) electrons. The predicted molar refractivity (Wildman–Crippen MR) is 187 cm³/mol. The number of aromatic nitrogens is 2. The zero-order valence-electron chi connectivity index (χ0n) is 28.1. The fraction of sp³-hybridized carbons (Fsp3) is 0.324. The van der Waals surface area contributed by atoms with E-state index >= 15 is 0 Å². The van der Waals surface area contributed by atoms with Crippen LogP contribution >= 0.6 is 0 Å². The Morgan fingerprint density at radius 3 is 2.37 bits per heavy atom. The summed E-state index contributed by atoms with van der Waals surface area (Å²) in [6, 6.07) is 17.1. The van der Waals surface area contributed by atoms with E-state index in [4.69, 9.17) is 4.74 Å². The average Bonchev–Trinajstić information content (AvgIpc) is 3.12. The summed E-state index contributed by atoms with van der Waals surface area (Å²) in [6.45, 7) is 8.45. The molecule has 11 nitrogen and oxygen atoms in total. The van der Waals surface area contributed by atoms with E-state index in [0.717, 1.165) is 5.69 Å². The number of hydrogen-bond acceptors (Lipinski definition) is 8. The highest BCUT2D eigenvalue weighted by Crippen LogP contribution is 2.26. The lowest BCUT2D eigenvalue weighted by molar-refractivity contribution is -0.117. The topological polar surface area (TPSA) is 135 Å². The lowest BCUT2D eigenvalue weighted by Gasteiger charge is -2.29. The molecular formula is C37H41FN6O5. The molecule has 1 aromatic heterocycles. The van der Waals surface area contributed by atoms with Crippen molar-refractivity contribution in [3.63, 3.8) is 0 Å². The first-order chi connectivity index (χ1) is 23.5. The third-order valence-electron chi connectivity index (χ3n) is 8.28. The van der Waals surface area contributed by atoms with Crippen LogP contribution in [-0.4, -0.2) is 73.1 Å². The van der Waals surface area contributed by atoms with Crippen LogP contribution in [0.1, 0.15) is 52.6 Å². The molecule has 2 amide bonds. The number of likely N-dealkylation sites (N-methyl/N-ethyl adjacent to an activating group) is 1. The zero-order valence-corrected chi connectivity index (χ0v) is 28.1. The number of ketones is 1. The van der Waals surface area contributed by atoms with Gasteiger partial charge in [0.15, 0.2) is 11.6 Å². The number of hydrogen-bond donors (Lipinski definition) is 3. The number of anilines is 2. The third kappa shape index (κ3) is 8.64. The Labute approximate surface area is 284 Å². The standard InChI is InChI=1S/C37H41FN6O5/c1-23(2)20-41-36(47)28-7-5-6-27(18-28)32-21-40-34(42-35(46)24(3)39-4)37(48)44(32)22-25-16-29(33(45)26-8-10-30(38)11-9-26)19-31(17-25)43-12-14-49-15-13-43/h5-11,16-19,21,23-24,39H,12-15,20,22H2,1-4H3,(H,41,47)(H,40,42,46)/t24-/m0/s1. The smallest absolute Gasteiger partial charge is 0.294 e. The van der Waals surface area contributed by atoms with Gasteiger partial charge in [-0.05, 0) is 80.1 Å². The molecule has 1 aliphatic heterocycles. The average molecular weight is 669 g/mol. The maximum Gasteiger partial charge on any atom is 0.294 e. The van der Waals surface area contributed by atoms with Gasteiger partial charge in [0.2, 0.25) is 5.91 Å². The number of nitrogens with zero attached hydrogens (tertiary/aromatic N) is 3. The number of carbonyl (C=O) groups is 3. The van der Waals surface area contributed by atoms with Gasteiger partial charge in [0, 0.05) is 47.6 Å². The molecule has 0 aliphatic carbocycles. The molecule has 0 saturated carbocycles. The quantitative estimate of drug-likeness (QED) is 0.192. The molecule has 1 saturated heterocycles. The minimum Gasteiger partial charge on any atom is -0.378 e. The molecule has 5 rings (SSSR count). The number of halogens is 1. The van der Waals surface area contributed by atoms with Crippen LogP contribution in [0.25, 0.3) is 11.3 Å². The number of nitrogens with one attached hydrogen (secondary N) is 3. The van der Waals surface area contributed by atoms with E-state index in [1.807, 2.05) is 19.9 Å². The Morgan fingerprint density at radius 2 is 1.67 bits per heavy atom. The number of carbonyl (C=O) groups excluding carboxylic acids is 3. The first-order valence-corrected chi connectivity index (χ1v) is 16.3. The highest BCUT2D eigenvalue weighted by molar-refractivity contribution is 6.09. The summed E-state index contributed by atoms with van der Waals surface area (Å²) in [7, 11) is 1.63. The lowest BCUT2D eigenvalue weighted by Crippen LogP contribution is -2.38. The third-order valence-corrected chi connectivity index (χ3v) is 8.28. The summed E-state index contributed by atoms with van der Waals surface area (Å²) in [5, 5.41) is 8.39. The van der Waals surface area contributed by atoms with Crippen LogP contribution in [0.15, 0.2) is 77.7 Å². The number of benzene rings is 3. The Kier molecular flexibility index (Phi) is 11.3. The van der Waals surface area contributed by atoms with E-state index in [2.05, 4.69) is 25.8 Å². The fourth-order valence-corrected chi connectivity index (χ4v) is 5.39. The second-order valence-electron chi connectivity index (χ2n) is 12.4. The van der Waals surface area contributed by atoms with Crippen LogP contribution in [0.5, 0.6) is 0 Å². The van der Waals surface area contributed by atoms with E-state index in [9.17, 15) is 23.6 Å². The number of amides is 2.